The molecule has 0 bridgehead atoms. The first kappa shape index (κ1) is 21.2. The molecule has 0 spiro atoms. The van der Waals surface area contributed by atoms with Crippen molar-refractivity contribution in [2.24, 2.45) is 5.73 Å². The third-order valence-corrected chi connectivity index (χ3v) is 5.02. The Bertz CT molecular complexity index is 658. The zero-order valence-electron chi connectivity index (χ0n) is 13.8. The predicted molar refractivity (Wildman–Crippen MR) is 98.2 cm³/mol. The smallest absolute Gasteiger partial charge is 0.283 e. The molecule has 1 aromatic rings. The Morgan fingerprint density at radius 2 is 2.20 bits per heavy atom. The summed E-state index contributed by atoms with van der Waals surface area (Å²) < 4.78 is 0. The summed E-state index contributed by atoms with van der Waals surface area (Å²) in [6.07, 6.45) is 1.98. The zero-order chi connectivity index (χ0) is 17.7. The summed E-state index contributed by atoms with van der Waals surface area (Å²) in [5.41, 5.74) is 5.01. The fourth-order valence-corrected chi connectivity index (χ4v) is 3.51. The summed E-state index contributed by atoms with van der Waals surface area (Å²) in [7, 11) is 1.87. The number of hydrogen-bond donors (Lipinski definition) is 2. The summed E-state index contributed by atoms with van der Waals surface area (Å²) in [5.74, 6) is -0.655. The van der Waals surface area contributed by atoms with Crippen LogP contribution in [0.5, 0.6) is 0 Å². The van der Waals surface area contributed by atoms with Crippen LogP contribution in [0.1, 0.15) is 23.2 Å². The average Bonchev–Trinajstić information content (AvgIpc) is 2.59. The molecule has 1 aliphatic heterocycles. The molecule has 0 saturated carbocycles. The van der Waals surface area contributed by atoms with Crippen LogP contribution in [-0.2, 0) is 4.79 Å². The van der Waals surface area contributed by atoms with Gasteiger partial charge in [0.2, 0.25) is 11.8 Å². The highest BCUT2D eigenvalue weighted by atomic mass is 35.5. The van der Waals surface area contributed by atoms with Gasteiger partial charge < -0.3 is 16.0 Å². The topological polar surface area (TPSA) is 119 Å². The van der Waals surface area contributed by atoms with Gasteiger partial charge in [-0.15, -0.1) is 24.2 Å². The number of hydrogen-bond acceptors (Lipinski definition) is 6. The maximum absolute atomic E-state index is 12.3. The third-order valence-electron chi connectivity index (χ3n) is 3.97. The fourth-order valence-electron chi connectivity index (χ4n) is 2.61. The Balaban J connectivity index is 0.00000312. The van der Waals surface area contributed by atoms with E-state index in [1.807, 2.05) is 7.05 Å². The molecule has 0 aromatic heterocycles. The summed E-state index contributed by atoms with van der Waals surface area (Å²) >= 11 is 1.10. The molecule has 2 amide bonds. The number of carbonyl (C=O) groups excluding carboxylic acids is 2. The number of halogens is 1. The Morgan fingerprint density at radius 3 is 2.80 bits per heavy atom. The minimum absolute atomic E-state index is 0. The first-order valence-corrected chi connectivity index (χ1v) is 8.57. The number of nitro groups is 1. The molecule has 8 nitrogen and oxygen atoms in total. The molecule has 3 N–H and O–H groups in total. The number of amides is 2. The number of primary amides is 1. The number of likely N-dealkylation sites (N-methyl/N-ethyl adjacent to an activating group) is 1. The van der Waals surface area contributed by atoms with Crippen molar-refractivity contribution in [2.45, 2.75) is 23.8 Å². The van der Waals surface area contributed by atoms with Crippen LogP contribution in [0.15, 0.2) is 23.1 Å². The van der Waals surface area contributed by atoms with Gasteiger partial charge in [0.1, 0.15) is 0 Å². The molecule has 1 aliphatic rings. The standard InChI is InChI=1S/C15H20N4O4S.ClH/c1-17-11-3-2-6-18(8-11)14(20)9-24-13-5-4-10(15(16)21)7-12(13)19(22)23;/h4-5,7,11,17H,2-3,6,8-9H2,1H3,(H2,16,21);1H. The molecule has 138 valence electrons. The molecular formula is C15H21ClN4O4S. The molecule has 1 aromatic carbocycles. The minimum atomic E-state index is -0.725. The van der Waals surface area contributed by atoms with Crippen molar-refractivity contribution >= 4 is 41.7 Å². The Hall–Kier alpha value is -1.84. The molecule has 1 unspecified atom stereocenters. The number of piperidine rings is 1. The van der Waals surface area contributed by atoms with Crippen LogP contribution in [0.3, 0.4) is 0 Å². The number of nitrogens with two attached hydrogens (primary N) is 1. The lowest BCUT2D eigenvalue weighted by Crippen LogP contribution is -2.47. The number of nitro benzene ring substituents is 1. The van der Waals surface area contributed by atoms with Crippen molar-refractivity contribution in [3.05, 3.63) is 33.9 Å². The van der Waals surface area contributed by atoms with Crippen molar-refractivity contribution in [1.29, 1.82) is 0 Å². The molecular weight excluding hydrogens is 368 g/mol. The van der Waals surface area contributed by atoms with Crippen LogP contribution in [0.2, 0.25) is 0 Å². The Kier molecular flexibility index (Phi) is 8.14. The van der Waals surface area contributed by atoms with Gasteiger partial charge >= 0.3 is 0 Å². The highest BCUT2D eigenvalue weighted by Gasteiger charge is 2.24. The summed E-state index contributed by atoms with van der Waals surface area (Å²) in [5, 5.41) is 14.3. The SMILES string of the molecule is CNC1CCCN(C(=O)CSc2ccc(C(N)=O)cc2[N+](=O)[O-])C1.Cl. The van der Waals surface area contributed by atoms with E-state index in [1.165, 1.54) is 12.1 Å². The van der Waals surface area contributed by atoms with E-state index in [-0.39, 0.29) is 41.4 Å². The van der Waals surface area contributed by atoms with E-state index in [2.05, 4.69) is 5.32 Å². The quantitative estimate of drug-likeness (QED) is 0.432. The molecule has 10 heteroatoms. The van der Waals surface area contributed by atoms with Crippen molar-refractivity contribution in [1.82, 2.24) is 10.2 Å². The maximum Gasteiger partial charge on any atom is 0.283 e. The van der Waals surface area contributed by atoms with Crippen LogP contribution in [0.25, 0.3) is 0 Å². The third kappa shape index (κ3) is 5.58. The molecule has 1 atom stereocenters. The molecule has 25 heavy (non-hydrogen) atoms. The predicted octanol–water partition coefficient (Wildman–Crippen LogP) is 1.42. The van der Waals surface area contributed by atoms with Gasteiger partial charge in [0.15, 0.2) is 0 Å². The van der Waals surface area contributed by atoms with E-state index in [0.29, 0.717) is 18.0 Å². The van der Waals surface area contributed by atoms with Crippen LogP contribution in [0, 0.1) is 10.1 Å². The highest BCUT2D eigenvalue weighted by Crippen LogP contribution is 2.30. The summed E-state index contributed by atoms with van der Waals surface area (Å²) in [6, 6.07) is 4.33. The maximum atomic E-state index is 12.3. The van der Waals surface area contributed by atoms with Gasteiger partial charge in [0.25, 0.3) is 5.69 Å². The Labute approximate surface area is 156 Å². The Morgan fingerprint density at radius 1 is 1.48 bits per heavy atom. The van der Waals surface area contributed by atoms with E-state index in [4.69, 9.17) is 5.73 Å². The van der Waals surface area contributed by atoms with Crippen LogP contribution >= 0.6 is 24.2 Å². The van der Waals surface area contributed by atoms with Crippen LogP contribution in [0.4, 0.5) is 5.69 Å². The molecule has 0 radical (unpaired) electrons. The number of rotatable bonds is 6. The lowest BCUT2D eigenvalue weighted by Gasteiger charge is -2.32. The van der Waals surface area contributed by atoms with Crippen LogP contribution in [-0.4, -0.2) is 53.6 Å². The van der Waals surface area contributed by atoms with Gasteiger partial charge in [0.05, 0.1) is 15.6 Å². The van der Waals surface area contributed by atoms with E-state index in [1.54, 1.807) is 4.90 Å². The van der Waals surface area contributed by atoms with Crippen molar-refractivity contribution < 1.29 is 14.5 Å². The van der Waals surface area contributed by atoms with Crippen molar-refractivity contribution in [2.75, 3.05) is 25.9 Å². The summed E-state index contributed by atoms with van der Waals surface area (Å²) in [6.45, 7) is 1.36. The molecule has 2 rings (SSSR count). The monoisotopic (exact) mass is 388 g/mol. The largest absolute Gasteiger partial charge is 0.366 e. The van der Waals surface area contributed by atoms with Gasteiger partial charge in [-0.05, 0) is 32.0 Å². The van der Waals surface area contributed by atoms with Gasteiger partial charge in [-0.25, -0.2) is 0 Å². The number of benzene rings is 1. The second-order valence-corrected chi connectivity index (χ2v) is 6.58. The number of nitrogens with one attached hydrogen (secondary N) is 1. The van der Waals surface area contributed by atoms with E-state index in [9.17, 15) is 19.7 Å². The lowest BCUT2D eigenvalue weighted by molar-refractivity contribution is -0.387. The second-order valence-electron chi connectivity index (χ2n) is 5.56. The fraction of sp³-hybridized carbons (Fsp3) is 0.467. The van der Waals surface area contributed by atoms with E-state index < -0.39 is 10.8 Å². The number of nitrogens with zero attached hydrogens (tertiary/aromatic N) is 2. The molecule has 1 fully saturated rings. The highest BCUT2D eigenvalue weighted by molar-refractivity contribution is 8.00. The first-order chi connectivity index (χ1) is 11.4. The van der Waals surface area contributed by atoms with Gasteiger partial charge in [0, 0.05) is 30.8 Å². The van der Waals surface area contributed by atoms with Gasteiger partial charge in [-0.1, -0.05) is 0 Å². The molecule has 0 aliphatic carbocycles. The van der Waals surface area contributed by atoms with Crippen molar-refractivity contribution in [3.63, 3.8) is 0 Å². The number of thioether (sulfide) groups is 1. The normalized spacial score (nSPS) is 16.8. The number of carbonyl (C=O) groups is 2. The summed E-state index contributed by atoms with van der Waals surface area (Å²) in [4.78, 5) is 36.2. The number of likely N-dealkylation sites (tertiary alicyclic amines) is 1. The first-order valence-electron chi connectivity index (χ1n) is 7.58. The average molecular weight is 389 g/mol. The second kappa shape index (κ2) is 9.59. The molecule has 1 saturated heterocycles. The molecule has 1 heterocycles. The van der Waals surface area contributed by atoms with Crippen LogP contribution < -0.4 is 11.1 Å². The van der Waals surface area contributed by atoms with Gasteiger partial charge in [-0.2, -0.15) is 0 Å². The van der Waals surface area contributed by atoms with E-state index >= 15 is 0 Å². The minimum Gasteiger partial charge on any atom is -0.366 e. The zero-order valence-corrected chi connectivity index (χ0v) is 15.4. The van der Waals surface area contributed by atoms with E-state index in [0.717, 1.165) is 30.7 Å². The lowest BCUT2D eigenvalue weighted by atomic mass is 10.1. The van der Waals surface area contributed by atoms with Crippen molar-refractivity contribution in [3.8, 4) is 0 Å². The van der Waals surface area contributed by atoms with Gasteiger partial charge in [-0.3, -0.25) is 19.7 Å².